The molecule has 1 N–H and O–H groups in total. The van der Waals surface area contributed by atoms with Gasteiger partial charge >= 0.3 is 5.97 Å². The van der Waals surface area contributed by atoms with Gasteiger partial charge in [0, 0.05) is 10.6 Å². The topological polar surface area (TPSA) is 55.0 Å². The number of nitrogens with zero attached hydrogens (tertiary/aromatic N) is 1. The number of H-pyrrole nitrogens is 1. The van der Waals surface area contributed by atoms with Crippen LogP contribution in [0.25, 0.3) is 22.4 Å². The number of rotatable bonds is 2. The average molecular weight is 321 g/mol. The Balaban J connectivity index is 2.13. The Hall–Kier alpha value is -2.04. The van der Waals surface area contributed by atoms with Gasteiger partial charge in [0.15, 0.2) is 0 Å². The van der Waals surface area contributed by atoms with Crippen LogP contribution in [-0.4, -0.2) is 23.0 Å². The summed E-state index contributed by atoms with van der Waals surface area (Å²) in [5.41, 5.74) is 2.54. The SMILES string of the molecule is COC(=O)c1cc(Cl)c2nc(-c3ccc(Cl)cc3)[nH]c2c1. The van der Waals surface area contributed by atoms with Crippen LogP contribution in [0.5, 0.6) is 0 Å². The molecular formula is C15H10Cl2N2O2. The summed E-state index contributed by atoms with van der Waals surface area (Å²) in [4.78, 5) is 19.2. The number of aromatic nitrogens is 2. The number of ether oxygens (including phenoxy) is 1. The molecule has 3 aromatic rings. The van der Waals surface area contributed by atoms with E-state index >= 15 is 0 Å². The standard InChI is InChI=1S/C15H10Cl2N2O2/c1-21-15(20)9-6-11(17)13-12(7-9)18-14(19-13)8-2-4-10(16)5-3-8/h2-7H,1H3,(H,18,19). The van der Waals surface area contributed by atoms with Crippen molar-refractivity contribution in [3.05, 3.63) is 52.0 Å². The molecule has 0 aliphatic heterocycles. The molecule has 0 atom stereocenters. The molecule has 0 bridgehead atoms. The van der Waals surface area contributed by atoms with E-state index in [1.165, 1.54) is 7.11 Å². The number of imidazole rings is 1. The van der Waals surface area contributed by atoms with Gasteiger partial charge in [-0.05, 0) is 36.4 Å². The number of hydrogen-bond donors (Lipinski definition) is 1. The Morgan fingerprint density at radius 3 is 2.57 bits per heavy atom. The number of aromatic amines is 1. The number of hydrogen-bond acceptors (Lipinski definition) is 3. The Labute approximate surface area is 130 Å². The van der Waals surface area contributed by atoms with Crippen molar-refractivity contribution in [1.82, 2.24) is 9.97 Å². The molecule has 0 aliphatic rings. The highest BCUT2D eigenvalue weighted by Crippen LogP contribution is 2.28. The van der Waals surface area contributed by atoms with Crippen LogP contribution in [0.1, 0.15) is 10.4 Å². The molecule has 1 aromatic heterocycles. The quantitative estimate of drug-likeness (QED) is 0.715. The lowest BCUT2D eigenvalue weighted by atomic mass is 10.2. The smallest absolute Gasteiger partial charge is 0.337 e. The minimum absolute atomic E-state index is 0.376. The average Bonchev–Trinajstić information content (AvgIpc) is 2.91. The zero-order valence-electron chi connectivity index (χ0n) is 11.0. The summed E-state index contributed by atoms with van der Waals surface area (Å²) in [6.07, 6.45) is 0. The van der Waals surface area contributed by atoms with Crippen molar-refractivity contribution in [3.63, 3.8) is 0 Å². The first-order chi connectivity index (χ1) is 10.1. The second-order valence-electron chi connectivity index (χ2n) is 4.44. The Kier molecular flexibility index (Phi) is 3.57. The van der Waals surface area contributed by atoms with Gasteiger partial charge in [-0.2, -0.15) is 0 Å². The van der Waals surface area contributed by atoms with Crippen LogP contribution in [-0.2, 0) is 4.74 Å². The molecule has 0 radical (unpaired) electrons. The summed E-state index contributed by atoms with van der Waals surface area (Å²) in [7, 11) is 1.33. The fraction of sp³-hybridized carbons (Fsp3) is 0.0667. The van der Waals surface area contributed by atoms with Crippen LogP contribution < -0.4 is 0 Å². The van der Waals surface area contributed by atoms with Crippen LogP contribution >= 0.6 is 23.2 Å². The third-order valence-corrected chi connectivity index (χ3v) is 3.62. The fourth-order valence-corrected chi connectivity index (χ4v) is 2.44. The fourth-order valence-electron chi connectivity index (χ4n) is 2.06. The predicted molar refractivity (Wildman–Crippen MR) is 82.9 cm³/mol. The van der Waals surface area contributed by atoms with Crippen molar-refractivity contribution in [2.45, 2.75) is 0 Å². The van der Waals surface area contributed by atoms with Gasteiger partial charge in [-0.25, -0.2) is 9.78 Å². The maximum Gasteiger partial charge on any atom is 0.337 e. The third kappa shape index (κ3) is 2.60. The number of fused-ring (bicyclic) bond motifs is 1. The largest absolute Gasteiger partial charge is 0.465 e. The van der Waals surface area contributed by atoms with E-state index in [0.29, 0.717) is 32.5 Å². The van der Waals surface area contributed by atoms with E-state index < -0.39 is 5.97 Å². The summed E-state index contributed by atoms with van der Waals surface area (Å²) in [6.45, 7) is 0. The van der Waals surface area contributed by atoms with Gasteiger partial charge in [0.05, 0.1) is 23.2 Å². The van der Waals surface area contributed by atoms with Gasteiger partial charge < -0.3 is 9.72 Å². The molecule has 1 heterocycles. The van der Waals surface area contributed by atoms with Crippen molar-refractivity contribution in [3.8, 4) is 11.4 Å². The van der Waals surface area contributed by atoms with E-state index in [0.717, 1.165) is 5.56 Å². The van der Waals surface area contributed by atoms with Crippen molar-refractivity contribution < 1.29 is 9.53 Å². The number of methoxy groups -OCH3 is 1. The molecule has 0 aliphatic carbocycles. The van der Waals surface area contributed by atoms with Crippen molar-refractivity contribution in [2.75, 3.05) is 7.11 Å². The van der Waals surface area contributed by atoms with E-state index in [2.05, 4.69) is 9.97 Å². The number of nitrogens with one attached hydrogen (secondary N) is 1. The minimum atomic E-state index is -0.443. The van der Waals surface area contributed by atoms with E-state index in [1.807, 2.05) is 12.1 Å². The zero-order valence-corrected chi connectivity index (χ0v) is 12.5. The summed E-state index contributed by atoms with van der Waals surface area (Å²) in [5.74, 6) is 0.215. The molecule has 0 saturated heterocycles. The summed E-state index contributed by atoms with van der Waals surface area (Å²) >= 11 is 12.0. The normalized spacial score (nSPS) is 10.8. The first-order valence-corrected chi connectivity index (χ1v) is 6.87. The van der Waals surface area contributed by atoms with E-state index in [1.54, 1.807) is 24.3 Å². The van der Waals surface area contributed by atoms with Gasteiger partial charge in [0.2, 0.25) is 0 Å². The lowest BCUT2D eigenvalue weighted by Gasteiger charge is -1.99. The number of halogens is 2. The minimum Gasteiger partial charge on any atom is -0.465 e. The Bertz CT molecular complexity index is 826. The second kappa shape index (κ2) is 5.39. The van der Waals surface area contributed by atoms with Crippen LogP contribution in [0.2, 0.25) is 10.0 Å². The van der Waals surface area contributed by atoms with Gasteiger partial charge in [0.25, 0.3) is 0 Å². The molecule has 0 unspecified atom stereocenters. The van der Waals surface area contributed by atoms with Crippen LogP contribution in [0.4, 0.5) is 0 Å². The van der Waals surface area contributed by atoms with Crippen LogP contribution in [0.3, 0.4) is 0 Å². The van der Waals surface area contributed by atoms with Crippen molar-refractivity contribution in [1.29, 1.82) is 0 Å². The molecule has 21 heavy (non-hydrogen) atoms. The van der Waals surface area contributed by atoms with Crippen molar-refractivity contribution >= 4 is 40.2 Å². The number of benzene rings is 2. The lowest BCUT2D eigenvalue weighted by molar-refractivity contribution is 0.0601. The molecule has 4 nitrogen and oxygen atoms in total. The highest BCUT2D eigenvalue weighted by atomic mass is 35.5. The number of esters is 1. The summed E-state index contributed by atoms with van der Waals surface area (Å²) in [5, 5.41) is 1.05. The lowest BCUT2D eigenvalue weighted by Crippen LogP contribution is -2.00. The van der Waals surface area contributed by atoms with E-state index in [4.69, 9.17) is 27.9 Å². The Morgan fingerprint density at radius 2 is 1.90 bits per heavy atom. The predicted octanol–water partition coefficient (Wildman–Crippen LogP) is 4.32. The summed E-state index contributed by atoms with van der Waals surface area (Å²) in [6, 6.07) is 10.5. The highest BCUT2D eigenvalue weighted by Gasteiger charge is 2.13. The maximum atomic E-state index is 11.6. The molecule has 6 heteroatoms. The molecule has 0 spiro atoms. The molecule has 0 amide bonds. The van der Waals surface area contributed by atoms with Crippen LogP contribution in [0, 0.1) is 0 Å². The highest BCUT2D eigenvalue weighted by molar-refractivity contribution is 6.35. The Morgan fingerprint density at radius 1 is 1.19 bits per heavy atom. The zero-order chi connectivity index (χ0) is 15.0. The van der Waals surface area contributed by atoms with Gasteiger partial charge in [0.1, 0.15) is 11.3 Å². The van der Waals surface area contributed by atoms with Gasteiger partial charge in [-0.3, -0.25) is 0 Å². The molecule has 106 valence electrons. The molecular weight excluding hydrogens is 311 g/mol. The molecule has 2 aromatic carbocycles. The summed E-state index contributed by atoms with van der Waals surface area (Å²) < 4.78 is 4.70. The molecule has 0 saturated carbocycles. The number of carbonyl (C=O) groups excluding carboxylic acids is 1. The third-order valence-electron chi connectivity index (χ3n) is 3.08. The van der Waals surface area contributed by atoms with E-state index in [-0.39, 0.29) is 0 Å². The molecule has 0 fully saturated rings. The first kappa shape index (κ1) is 13.9. The van der Waals surface area contributed by atoms with Crippen molar-refractivity contribution in [2.24, 2.45) is 0 Å². The second-order valence-corrected chi connectivity index (χ2v) is 5.28. The first-order valence-electron chi connectivity index (χ1n) is 6.12. The maximum absolute atomic E-state index is 11.6. The van der Waals surface area contributed by atoms with Gasteiger partial charge in [-0.15, -0.1) is 0 Å². The van der Waals surface area contributed by atoms with E-state index in [9.17, 15) is 4.79 Å². The monoisotopic (exact) mass is 320 g/mol. The number of carbonyl (C=O) groups is 1. The van der Waals surface area contributed by atoms with Gasteiger partial charge in [-0.1, -0.05) is 23.2 Å². The van der Waals surface area contributed by atoms with Crippen LogP contribution in [0.15, 0.2) is 36.4 Å². The molecule has 3 rings (SSSR count).